The molecule has 2 atom stereocenters. The maximum atomic E-state index is 5.66. The Kier molecular flexibility index (Phi) is 5.80. The zero-order valence-electron chi connectivity index (χ0n) is 13.9. The van der Waals surface area contributed by atoms with Crippen LogP contribution in [-0.4, -0.2) is 16.7 Å². The SMILES string of the molecule is CCC1CCCC(c2noc(CCC(C)(C)CCN)n2)C1. The summed E-state index contributed by atoms with van der Waals surface area (Å²) in [6.07, 6.45) is 9.34. The van der Waals surface area contributed by atoms with Gasteiger partial charge in [0.25, 0.3) is 0 Å². The molecule has 0 amide bonds. The van der Waals surface area contributed by atoms with Crippen molar-refractivity contribution in [1.82, 2.24) is 10.1 Å². The Bertz CT molecular complexity index is 427. The van der Waals surface area contributed by atoms with E-state index >= 15 is 0 Å². The van der Waals surface area contributed by atoms with Crippen molar-refractivity contribution < 1.29 is 4.52 Å². The lowest BCUT2D eigenvalue weighted by atomic mass is 9.80. The lowest BCUT2D eigenvalue weighted by Crippen LogP contribution is -2.18. The van der Waals surface area contributed by atoms with Crippen LogP contribution in [0.2, 0.25) is 0 Å². The van der Waals surface area contributed by atoms with Gasteiger partial charge in [0.05, 0.1) is 0 Å². The largest absolute Gasteiger partial charge is 0.339 e. The van der Waals surface area contributed by atoms with Crippen LogP contribution in [0.4, 0.5) is 0 Å². The summed E-state index contributed by atoms with van der Waals surface area (Å²) in [6.45, 7) is 7.53. The smallest absolute Gasteiger partial charge is 0.226 e. The number of aromatic nitrogens is 2. The molecule has 1 fully saturated rings. The quantitative estimate of drug-likeness (QED) is 0.823. The fraction of sp³-hybridized carbons (Fsp3) is 0.882. The van der Waals surface area contributed by atoms with E-state index in [1.54, 1.807) is 0 Å². The molecule has 0 bridgehead atoms. The molecule has 0 aromatic carbocycles. The first-order valence-electron chi connectivity index (χ1n) is 8.56. The standard InChI is InChI=1S/C17H31N3O/c1-4-13-6-5-7-14(12-13)16-19-15(21-20-16)8-9-17(2,3)10-11-18/h13-14H,4-12,18H2,1-3H3. The molecule has 1 saturated carbocycles. The molecule has 1 aliphatic rings. The molecular weight excluding hydrogens is 262 g/mol. The third kappa shape index (κ3) is 4.80. The van der Waals surface area contributed by atoms with Crippen molar-refractivity contribution in [3.8, 4) is 0 Å². The fourth-order valence-corrected chi connectivity index (χ4v) is 3.39. The Labute approximate surface area is 128 Å². The highest BCUT2D eigenvalue weighted by atomic mass is 16.5. The van der Waals surface area contributed by atoms with Crippen molar-refractivity contribution in [3.63, 3.8) is 0 Å². The number of nitrogens with two attached hydrogens (primary N) is 1. The minimum Gasteiger partial charge on any atom is -0.339 e. The highest BCUT2D eigenvalue weighted by Crippen LogP contribution is 2.36. The Morgan fingerprint density at radius 2 is 2.10 bits per heavy atom. The lowest BCUT2D eigenvalue weighted by molar-refractivity contribution is 0.284. The van der Waals surface area contributed by atoms with Crippen LogP contribution < -0.4 is 5.73 Å². The summed E-state index contributed by atoms with van der Waals surface area (Å²) in [5, 5.41) is 4.24. The first-order valence-corrected chi connectivity index (χ1v) is 8.56. The van der Waals surface area contributed by atoms with E-state index in [9.17, 15) is 0 Å². The molecule has 1 aliphatic carbocycles. The molecule has 0 radical (unpaired) electrons. The van der Waals surface area contributed by atoms with E-state index in [4.69, 9.17) is 10.3 Å². The van der Waals surface area contributed by atoms with Gasteiger partial charge in [0.2, 0.25) is 5.89 Å². The number of rotatable bonds is 7. The Balaban J connectivity index is 1.89. The highest BCUT2D eigenvalue weighted by Gasteiger charge is 2.26. The predicted molar refractivity (Wildman–Crippen MR) is 85.1 cm³/mol. The van der Waals surface area contributed by atoms with Gasteiger partial charge < -0.3 is 10.3 Å². The van der Waals surface area contributed by atoms with Gasteiger partial charge in [0.15, 0.2) is 5.82 Å². The van der Waals surface area contributed by atoms with Crippen LogP contribution in [0, 0.1) is 11.3 Å². The van der Waals surface area contributed by atoms with Crippen molar-refractivity contribution >= 4 is 0 Å². The molecule has 120 valence electrons. The molecule has 1 heterocycles. The highest BCUT2D eigenvalue weighted by molar-refractivity contribution is 4.98. The monoisotopic (exact) mass is 293 g/mol. The molecule has 0 aliphatic heterocycles. The first kappa shape index (κ1) is 16.5. The van der Waals surface area contributed by atoms with E-state index in [1.165, 1.54) is 32.1 Å². The minimum absolute atomic E-state index is 0.252. The summed E-state index contributed by atoms with van der Waals surface area (Å²) in [4.78, 5) is 4.66. The predicted octanol–water partition coefficient (Wildman–Crippen LogP) is 4.06. The van der Waals surface area contributed by atoms with Crippen LogP contribution in [0.5, 0.6) is 0 Å². The first-order chi connectivity index (χ1) is 10.0. The van der Waals surface area contributed by atoms with E-state index in [0.717, 1.165) is 43.4 Å². The van der Waals surface area contributed by atoms with Gasteiger partial charge in [0, 0.05) is 12.3 Å². The molecule has 21 heavy (non-hydrogen) atoms. The van der Waals surface area contributed by atoms with Crippen LogP contribution in [0.15, 0.2) is 4.52 Å². The average molecular weight is 293 g/mol. The molecule has 0 saturated heterocycles. The van der Waals surface area contributed by atoms with Gasteiger partial charge >= 0.3 is 0 Å². The number of hydrogen-bond acceptors (Lipinski definition) is 4. The summed E-state index contributed by atoms with van der Waals surface area (Å²) < 4.78 is 5.47. The number of hydrogen-bond donors (Lipinski definition) is 1. The lowest BCUT2D eigenvalue weighted by Gasteiger charge is -2.26. The van der Waals surface area contributed by atoms with E-state index in [0.29, 0.717) is 5.92 Å². The zero-order valence-corrected chi connectivity index (χ0v) is 13.9. The second-order valence-electron chi connectivity index (χ2n) is 7.39. The summed E-state index contributed by atoms with van der Waals surface area (Å²) in [5.74, 6) is 3.10. The topological polar surface area (TPSA) is 64.9 Å². The molecule has 1 aromatic rings. The third-order valence-electron chi connectivity index (χ3n) is 5.05. The van der Waals surface area contributed by atoms with Crippen LogP contribution in [0.25, 0.3) is 0 Å². The number of aryl methyl sites for hydroxylation is 1. The van der Waals surface area contributed by atoms with Crippen molar-refractivity contribution in [2.24, 2.45) is 17.1 Å². The third-order valence-corrected chi connectivity index (χ3v) is 5.05. The van der Waals surface area contributed by atoms with E-state index < -0.39 is 0 Å². The maximum absolute atomic E-state index is 5.66. The van der Waals surface area contributed by atoms with Crippen LogP contribution in [0.3, 0.4) is 0 Å². The average Bonchev–Trinajstić information content (AvgIpc) is 2.94. The molecule has 4 nitrogen and oxygen atoms in total. The van der Waals surface area contributed by atoms with Crippen LogP contribution >= 0.6 is 0 Å². The molecule has 2 N–H and O–H groups in total. The van der Waals surface area contributed by atoms with Crippen molar-refractivity contribution in [2.45, 2.75) is 78.1 Å². The number of nitrogens with zero attached hydrogens (tertiary/aromatic N) is 2. The summed E-state index contributed by atoms with van der Waals surface area (Å²) in [6, 6.07) is 0. The van der Waals surface area contributed by atoms with E-state index in [2.05, 4.69) is 30.9 Å². The van der Waals surface area contributed by atoms with Gasteiger partial charge in [-0.25, -0.2) is 0 Å². The van der Waals surface area contributed by atoms with Crippen LogP contribution in [-0.2, 0) is 6.42 Å². The summed E-state index contributed by atoms with van der Waals surface area (Å²) in [5.41, 5.74) is 5.91. The molecule has 0 spiro atoms. The maximum Gasteiger partial charge on any atom is 0.226 e. The van der Waals surface area contributed by atoms with Gasteiger partial charge in [-0.3, -0.25) is 0 Å². The molecule has 2 rings (SSSR count). The normalized spacial score (nSPS) is 23.4. The summed E-state index contributed by atoms with van der Waals surface area (Å²) in [7, 11) is 0. The molecule has 1 aromatic heterocycles. The van der Waals surface area contributed by atoms with Crippen molar-refractivity contribution in [2.75, 3.05) is 6.54 Å². The van der Waals surface area contributed by atoms with Crippen molar-refractivity contribution in [3.05, 3.63) is 11.7 Å². The van der Waals surface area contributed by atoms with Gasteiger partial charge in [-0.2, -0.15) is 4.98 Å². The second kappa shape index (κ2) is 7.39. The van der Waals surface area contributed by atoms with Gasteiger partial charge in [-0.1, -0.05) is 45.2 Å². The van der Waals surface area contributed by atoms with Gasteiger partial charge in [-0.15, -0.1) is 0 Å². The van der Waals surface area contributed by atoms with Crippen LogP contribution in [0.1, 0.15) is 83.3 Å². The van der Waals surface area contributed by atoms with E-state index in [1.807, 2.05) is 0 Å². The fourth-order valence-electron chi connectivity index (χ4n) is 3.39. The Morgan fingerprint density at radius 1 is 1.29 bits per heavy atom. The Hall–Kier alpha value is -0.900. The van der Waals surface area contributed by atoms with Gasteiger partial charge in [0.1, 0.15) is 0 Å². The van der Waals surface area contributed by atoms with E-state index in [-0.39, 0.29) is 5.41 Å². The second-order valence-corrected chi connectivity index (χ2v) is 7.39. The Morgan fingerprint density at radius 3 is 2.81 bits per heavy atom. The summed E-state index contributed by atoms with van der Waals surface area (Å²) >= 11 is 0. The van der Waals surface area contributed by atoms with Gasteiger partial charge in [-0.05, 0) is 43.6 Å². The minimum atomic E-state index is 0.252. The molecular formula is C17H31N3O. The molecule has 2 unspecified atom stereocenters. The van der Waals surface area contributed by atoms with Crippen molar-refractivity contribution in [1.29, 1.82) is 0 Å². The molecule has 4 heteroatoms. The zero-order chi connectivity index (χ0) is 15.3.